The summed E-state index contributed by atoms with van der Waals surface area (Å²) in [5.74, 6) is -0.120. The average Bonchev–Trinajstić information content (AvgIpc) is 3.09. The van der Waals surface area contributed by atoms with Gasteiger partial charge in [-0.15, -0.1) is 11.3 Å². The molecule has 3 heterocycles. The Labute approximate surface area is 128 Å². The second-order valence-corrected chi connectivity index (χ2v) is 6.98. The predicted molar refractivity (Wildman–Crippen MR) is 81.1 cm³/mol. The van der Waals surface area contributed by atoms with Crippen molar-refractivity contribution in [3.05, 3.63) is 50.9 Å². The minimum Gasteiger partial charge on any atom is -0.335 e. The van der Waals surface area contributed by atoms with Crippen LogP contribution < -0.4 is 16.2 Å². The Morgan fingerprint density at radius 1 is 1.40 bits per heavy atom. The first kappa shape index (κ1) is 13.7. The summed E-state index contributed by atoms with van der Waals surface area (Å²) in [6.07, 6.45) is 3.93. The fourth-order valence-electron chi connectivity index (χ4n) is 2.09. The van der Waals surface area contributed by atoms with E-state index in [1.807, 2.05) is 6.07 Å². The van der Waals surface area contributed by atoms with Crippen LogP contribution in [0.5, 0.6) is 0 Å². The highest BCUT2D eigenvalue weighted by atomic mass is 79.9. The fraction of sp³-hybridized carbons (Fsp3) is 0.231. The van der Waals surface area contributed by atoms with Crippen molar-refractivity contribution in [2.24, 2.45) is 0 Å². The summed E-state index contributed by atoms with van der Waals surface area (Å²) >= 11 is 5.15. The van der Waals surface area contributed by atoms with E-state index in [2.05, 4.69) is 43.1 Å². The van der Waals surface area contributed by atoms with E-state index in [-0.39, 0.29) is 18.1 Å². The maximum absolute atomic E-state index is 12.0. The lowest BCUT2D eigenvalue weighted by Gasteiger charge is -2.11. The Morgan fingerprint density at radius 2 is 2.30 bits per heavy atom. The van der Waals surface area contributed by atoms with Crippen LogP contribution in [0.1, 0.15) is 27.7 Å². The van der Waals surface area contributed by atoms with Gasteiger partial charge in [0.2, 0.25) is 0 Å². The van der Waals surface area contributed by atoms with Crippen LogP contribution in [0.2, 0.25) is 0 Å². The fourth-order valence-corrected chi connectivity index (χ4v) is 3.58. The zero-order valence-corrected chi connectivity index (χ0v) is 12.9. The van der Waals surface area contributed by atoms with Crippen molar-refractivity contribution in [3.8, 4) is 0 Å². The number of rotatable bonds is 3. The number of nitrogens with zero attached hydrogens (tertiary/aromatic N) is 1. The Morgan fingerprint density at radius 3 is 3.00 bits per heavy atom. The van der Waals surface area contributed by atoms with Gasteiger partial charge >= 0.3 is 0 Å². The van der Waals surface area contributed by atoms with E-state index in [0.717, 1.165) is 10.2 Å². The number of nitrogens with one attached hydrogen (secondary N) is 3. The summed E-state index contributed by atoms with van der Waals surface area (Å²) in [5, 5.41) is 2.94. The molecular weight excluding hydrogens is 340 g/mol. The SMILES string of the molecule is O=C(NC1CC(c2ccc(Br)s2)NN1)c1cccnc1. The molecule has 0 spiro atoms. The van der Waals surface area contributed by atoms with E-state index in [1.165, 1.54) is 4.88 Å². The zero-order valence-electron chi connectivity index (χ0n) is 10.5. The molecule has 2 atom stereocenters. The minimum absolute atomic E-state index is 0.0893. The number of pyridine rings is 1. The highest BCUT2D eigenvalue weighted by Gasteiger charge is 2.27. The zero-order chi connectivity index (χ0) is 13.9. The molecule has 0 aromatic carbocycles. The lowest BCUT2D eigenvalue weighted by molar-refractivity contribution is 0.0932. The number of carbonyl (C=O) groups excluding carboxylic acids is 1. The van der Waals surface area contributed by atoms with Gasteiger partial charge in [-0.2, -0.15) is 0 Å². The van der Waals surface area contributed by atoms with Crippen LogP contribution >= 0.6 is 27.3 Å². The molecule has 1 saturated heterocycles. The molecule has 104 valence electrons. The van der Waals surface area contributed by atoms with Crippen LogP contribution in [0.25, 0.3) is 0 Å². The van der Waals surface area contributed by atoms with Crippen LogP contribution in [-0.4, -0.2) is 17.1 Å². The first-order valence-electron chi connectivity index (χ1n) is 6.19. The third-order valence-electron chi connectivity index (χ3n) is 3.07. The number of thiophene rings is 1. The summed E-state index contributed by atoms with van der Waals surface area (Å²) < 4.78 is 1.11. The largest absolute Gasteiger partial charge is 0.335 e. The Bertz CT molecular complexity index is 603. The minimum atomic E-state index is -0.120. The van der Waals surface area contributed by atoms with Crippen molar-refractivity contribution in [1.29, 1.82) is 0 Å². The van der Waals surface area contributed by atoms with Gasteiger partial charge in [0.25, 0.3) is 5.91 Å². The summed E-state index contributed by atoms with van der Waals surface area (Å²) in [5.41, 5.74) is 6.87. The van der Waals surface area contributed by atoms with E-state index in [4.69, 9.17) is 0 Å². The molecule has 0 radical (unpaired) electrons. The molecular formula is C13H13BrN4OS. The van der Waals surface area contributed by atoms with Gasteiger partial charge < -0.3 is 5.32 Å². The first-order valence-corrected chi connectivity index (χ1v) is 7.80. The molecule has 0 bridgehead atoms. The van der Waals surface area contributed by atoms with Crippen molar-refractivity contribution in [2.75, 3.05) is 0 Å². The monoisotopic (exact) mass is 352 g/mol. The number of hydrogen-bond acceptors (Lipinski definition) is 5. The quantitative estimate of drug-likeness (QED) is 0.792. The second kappa shape index (κ2) is 6.01. The van der Waals surface area contributed by atoms with E-state index < -0.39 is 0 Å². The molecule has 0 aliphatic carbocycles. The number of amides is 1. The molecule has 1 amide bonds. The maximum Gasteiger partial charge on any atom is 0.254 e. The van der Waals surface area contributed by atoms with Gasteiger partial charge in [-0.3, -0.25) is 9.78 Å². The molecule has 7 heteroatoms. The van der Waals surface area contributed by atoms with Crippen molar-refractivity contribution >= 4 is 33.2 Å². The topological polar surface area (TPSA) is 66.1 Å². The Hall–Kier alpha value is -1.28. The molecule has 2 unspecified atom stereocenters. The van der Waals surface area contributed by atoms with E-state index in [1.54, 1.807) is 35.9 Å². The summed E-state index contributed by atoms with van der Waals surface area (Å²) in [7, 11) is 0. The molecule has 20 heavy (non-hydrogen) atoms. The van der Waals surface area contributed by atoms with Crippen LogP contribution in [0.15, 0.2) is 40.4 Å². The number of halogens is 1. The van der Waals surface area contributed by atoms with Crippen molar-refractivity contribution < 1.29 is 4.79 Å². The lowest BCUT2D eigenvalue weighted by Crippen LogP contribution is -2.44. The third kappa shape index (κ3) is 3.06. The number of hydrazine groups is 1. The Balaban J connectivity index is 1.59. The van der Waals surface area contributed by atoms with E-state index >= 15 is 0 Å². The highest BCUT2D eigenvalue weighted by molar-refractivity contribution is 9.11. The van der Waals surface area contributed by atoms with Crippen LogP contribution in [0, 0.1) is 0 Å². The smallest absolute Gasteiger partial charge is 0.254 e. The summed E-state index contributed by atoms with van der Waals surface area (Å²) in [6.45, 7) is 0. The molecule has 0 saturated carbocycles. The summed E-state index contributed by atoms with van der Waals surface area (Å²) in [4.78, 5) is 17.2. The van der Waals surface area contributed by atoms with Crippen LogP contribution in [0.3, 0.4) is 0 Å². The van der Waals surface area contributed by atoms with Gasteiger partial charge in [0.1, 0.15) is 0 Å². The first-order chi connectivity index (χ1) is 9.72. The standard InChI is InChI=1S/C13H13BrN4OS/c14-11-4-3-10(20-11)9-6-12(18-17-9)16-13(19)8-2-1-5-15-7-8/h1-5,7,9,12,17-18H,6H2,(H,16,19). The van der Waals surface area contributed by atoms with Gasteiger partial charge in [-0.25, -0.2) is 10.9 Å². The van der Waals surface area contributed by atoms with Gasteiger partial charge in [-0.05, 0) is 40.2 Å². The van der Waals surface area contributed by atoms with Gasteiger partial charge in [-0.1, -0.05) is 0 Å². The Kier molecular flexibility index (Phi) is 4.11. The molecule has 1 aliphatic heterocycles. The number of carbonyl (C=O) groups is 1. The summed E-state index contributed by atoms with van der Waals surface area (Å²) in [6, 6.07) is 7.83. The number of aromatic nitrogens is 1. The molecule has 1 aliphatic rings. The molecule has 3 N–H and O–H groups in total. The third-order valence-corrected chi connectivity index (χ3v) is 4.81. The van der Waals surface area contributed by atoms with Crippen LogP contribution in [-0.2, 0) is 0 Å². The van der Waals surface area contributed by atoms with Gasteiger partial charge in [0.05, 0.1) is 21.6 Å². The van der Waals surface area contributed by atoms with Crippen molar-refractivity contribution in [2.45, 2.75) is 18.6 Å². The molecule has 3 rings (SSSR count). The lowest BCUT2D eigenvalue weighted by atomic mass is 10.1. The average molecular weight is 353 g/mol. The van der Waals surface area contributed by atoms with Gasteiger partial charge in [0.15, 0.2) is 0 Å². The molecule has 1 fully saturated rings. The van der Waals surface area contributed by atoms with E-state index in [9.17, 15) is 4.79 Å². The maximum atomic E-state index is 12.0. The molecule has 2 aromatic heterocycles. The normalized spacial score (nSPS) is 21.9. The van der Waals surface area contributed by atoms with Gasteiger partial charge in [0, 0.05) is 23.7 Å². The van der Waals surface area contributed by atoms with E-state index in [0.29, 0.717) is 5.56 Å². The van der Waals surface area contributed by atoms with Crippen molar-refractivity contribution in [1.82, 2.24) is 21.2 Å². The predicted octanol–water partition coefficient (Wildman–Crippen LogP) is 2.20. The molecule has 2 aromatic rings. The number of hydrogen-bond donors (Lipinski definition) is 3. The second-order valence-electron chi connectivity index (χ2n) is 4.49. The molecule has 5 nitrogen and oxygen atoms in total. The van der Waals surface area contributed by atoms with Crippen molar-refractivity contribution in [3.63, 3.8) is 0 Å². The highest BCUT2D eigenvalue weighted by Crippen LogP contribution is 2.30. The van der Waals surface area contributed by atoms with Crippen LogP contribution in [0.4, 0.5) is 0 Å².